The molecule has 0 aliphatic rings. The number of unbranched alkanes of at least 4 members (excludes halogenated alkanes) is 4. The molecule has 0 saturated carbocycles. The maximum Gasteiger partial charge on any atom is 0.168 e. The molecule has 0 fully saturated rings. The van der Waals surface area contributed by atoms with Crippen molar-refractivity contribution in [1.29, 1.82) is 0 Å². The van der Waals surface area contributed by atoms with Crippen LogP contribution in [0.3, 0.4) is 0 Å². The molecule has 218 valence electrons. The highest BCUT2D eigenvalue weighted by molar-refractivity contribution is 9.09. The van der Waals surface area contributed by atoms with E-state index in [1.54, 1.807) is 0 Å². The minimum Gasteiger partial charge on any atom is -1.00 e. The Morgan fingerprint density at radius 1 is 0.405 bits per heavy atom. The van der Waals surface area contributed by atoms with Crippen LogP contribution in [0.15, 0.2) is 140 Å². The Morgan fingerprint density at radius 3 is 1.26 bits per heavy atom. The standard InChI is InChI=1S/C22H24N.C17H19Br.BrH/c1-5-11-21(12-6-1)22-15-13-20(14-16-22)10-4-2-7-17-23-18-8-3-9-19-23;18-14-6-2-3-7-15-10-12-17(13-11-15)16-8-4-1-5-9-16;/h1,3,5-6,8-9,11-16,18-19H,2,4,7,10,17H2;1,4-5,8-13H,2-3,6-7,14H2;1H/q+1;;/p-1. The molecule has 3 heteroatoms. The fourth-order valence-electron chi connectivity index (χ4n) is 4.97. The lowest BCUT2D eigenvalue weighted by Crippen LogP contribution is -3.00. The summed E-state index contributed by atoms with van der Waals surface area (Å²) < 4.78 is 2.26. The van der Waals surface area contributed by atoms with Crippen LogP contribution in [0, 0.1) is 0 Å². The van der Waals surface area contributed by atoms with E-state index >= 15 is 0 Å². The number of hydrogen-bond acceptors (Lipinski definition) is 0. The third-order valence-electron chi connectivity index (χ3n) is 7.38. The minimum atomic E-state index is 0. The van der Waals surface area contributed by atoms with Crippen LogP contribution in [0.5, 0.6) is 0 Å². The first-order chi connectivity index (χ1) is 20.3. The van der Waals surface area contributed by atoms with Crippen molar-refractivity contribution in [2.75, 3.05) is 5.33 Å². The Kier molecular flexibility index (Phi) is 15.9. The van der Waals surface area contributed by atoms with E-state index in [1.807, 2.05) is 0 Å². The number of benzene rings is 4. The molecule has 1 heterocycles. The van der Waals surface area contributed by atoms with Crippen molar-refractivity contribution < 1.29 is 21.5 Å². The lowest BCUT2D eigenvalue weighted by atomic mass is 10.0. The second kappa shape index (κ2) is 20.0. The molecule has 0 spiro atoms. The highest BCUT2D eigenvalue weighted by Crippen LogP contribution is 2.21. The average Bonchev–Trinajstić information content (AvgIpc) is 3.05. The van der Waals surface area contributed by atoms with Gasteiger partial charge in [-0.05, 0) is 71.9 Å². The molecule has 0 atom stereocenters. The van der Waals surface area contributed by atoms with Gasteiger partial charge in [0.25, 0.3) is 0 Å². The summed E-state index contributed by atoms with van der Waals surface area (Å²) in [5.41, 5.74) is 8.08. The number of hydrogen-bond donors (Lipinski definition) is 0. The maximum absolute atomic E-state index is 3.47. The van der Waals surface area contributed by atoms with Gasteiger partial charge in [0, 0.05) is 23.9 Å². The lowest BCUT2D eigenvalue weighted by Gasteiger charge is -2.04. The molecule has 0 amide bonds. The second-order valence-electron chi connectivity index (χ2n) is 10.5. The van der Waals surface area contributed by atoms with Crippen LogP contribution in [0.2, 0.25) is 0 Å². The van der Waals surface area contributed by atoms with E-state index in [-0.39, 0.29) is 17.0 Å². The Labute approximate surface area is 272 Å². The quantitative estimate of drug-likeness (QED) is 0.0687. The zero-order valence-electron chi connectivity index (χ0n) is 24.6. The summed E-state index contributed by atoms with van der Waals surface area (Å²) in [5.74, 6) is 0. The summed E-state index contributed by atoms with van der Waals surface area (Å²) in [6, 6.07) is 45.4. The molecule has 0 aliphatic heterocycles. The van der Waals surface area contributed by atoms with Gasteiger partial charge in [0.05, 0.1) is 0 Å². The molecular formula is C39H43Br2N. The number of alkyl halides is 1. The normalized spacial score (nSPS) is 10.3. The summed E-state index contributed by atoms with van der Waals surface area (Å²) in [6.07, 6.45) is 14.3. The van der Waals surface area contributed by atoms with Crippen molar-refractivity contribution >= 4 is 15.9 Å². The highest BCUT2D eigenvalue weighted by atomic mass is 79.9. The monoisotopic (exact) mass is 683 g/mol. The zero-order chi connectivity index (χ0) is 28.4. The highest BCUT2D eigenvalue weighted by Gasteiger charge is 2.01. The van der Waals surface area contributed by atoms with Gasteiger partial charge < -0.3 is 17.0 Å². The second-order valence-corrected chi connectivity index (χ2v) is 11.3. The van der Waals surface area contributed by atoms with Gasteiger partial charge in [0.1, 0.15) is 6.54 Å². The van der Waals surface area contributed by atoms with E-state index in [9.17, 15) is 0 Å². The molecular weight excluding hydrogens is 642 g/mol. The predicted octanol–water partition coefficient (Wildman–Crippen LogP) is 7.52. The first kappa shape index (κ1) is 33.5. The van der Waals surface area contributed by atoms with Crippen LogP contribution >= 0.6 is 15.9 Å². The Bertz CT molecular complexity index is 1350. The van der Waals surface area contributed by atoms with Crippen molar-refractivity contribution in [3.05, 3.63) is 151 Å². The summed E-state index contributed by atoms with van der Waals surface area (Å²) in [4.78, 5) is 0. The summed E-state index contributed by atoms with van der Waals surface area (Å²) >= 11 is 3.47. The number of rotatable bonds is 13. The fourth-order valence-corrected chi connectivity index (χ4v) is 5.37. The number of halogens is 2. The first-order valence-electron chi connectivity index (χ1n) is 15.1. The summed E-state index contributed by atoms with van der Waals surface area (Å²) in [6.45, 7) is 1.12. The van der Waals surface area contributed by atoms with Crippen molar-refractivity contribution in [3.63, 3.8) is 0 Å². The minimum absolute atomic E-state index is 0. The Hall–Kier alpha value is -3.01. The largest absolute Gasteiger partial charge is 1.00 e. The molecule has 0 aliphatic carbocycles. The molecule has 0 bridgehead atoms. The van der Waals surface area contributed by atoms with Crippen LogP contribution in [-0.2, 0) is 19.4 Å². The lowest BCUT2D eigenvalue weighted by molar-refractivity contribution is -0.697. The van der Waals surface area contributed by atoms with Gasteiger partial charge in [-0.25, -0.2) is 4.57 Å². The summed E-state index contributed by atoms with van der Waals surface area (Å²) in [5, 5.41) is 1.12. The molecule has 42 heavy (non-hydrogen) atoms. The third kappa shape index (κ3) is 12.1. The van der Waals surface area contributed by atoms with Crippen LogP contribution in [0.25, 0.3) is 22.3 Å². The van der Waals surface area contributed by atoms with E-state index in [0.717, 1.165) is 11.9 Å². The van der Waals surface area contributed by atoms with Crippen LogP contribution < -0.4 is 21.5 Å². The topological polar surface area (TPSA) is 3.88 Å². The smallest absolute Gasteiger partial charge is 0.168 e. The summed E-state index contributed by atoms with van der Waals surface area (Å²) in [7, 11) is 0. The van der Waals surface area contributed by atoms with Crippen molar-refractivity contribution in [2.45, 2.75) is 57.9 Å². The van der Waals surface area contributed by atoms with Crippen molar-refractivity contribution in [3.8, 4) is 22.3 Å². The van der Waals surface area contributed by atoms with Gasteiger partial charge in [0.15, 0.2) is 12.4 Å². The predicted molar refractivity (Wildman–Crippen MR) is 179 cm³/mol. The Morgan fingerprint density at radius 2 is 0.810 bits per heavy atom. The fraction of sp³-hybridized carbons (Fsp3) is 0.256. The van der Waals surface area contributed by atoms with E-state index in [0.29, 0.717) is 0 Å². The molecule has 0 radical (unpaired) electrons. The molecule has 1 nitrogen and oxygen atoms in total. The third-order valence-corrected chi connectivity index (χ3v) is 7.94. The maximum atomic E-state index is 3.47. The molecule has 5 aromatic rings. The first-order valence-corrected chi connectivity index (χ1v) is 16.2. The average molecular weight is 686 g/mol. The molecule has 4 aromatic carbocycles. The van der Waals surface area contributed by atoms with E-state index in [1.165, 1.54) is 84.7 Å². The van der Waals surface area contributed by atoms with Crippen LogP contribution in [0.1, 0.15) is 49.7 Å². The van der Waals surface area contributed by atoms with E-state index in [4.69, 9.17) is 0 Å². The number of pyridine rings is 1. The number of aryl methyl sites for hydroxylation is 3. The van der Waals surface area contributed by atoms with Crippen molar-refractivity contribution in [1.82, 2.24) is 0 Å². The van der Waals surface area contributed by atoms with Crippen molar-refractivity contribution in [2.24, 2.45) is 0 Å². The van der Waals surface area contributed by atoms with Gasteiger partial charge >= 0.3 is 0 Å². The molecule has 0 N–H and O–H groups in total. The molecule has 5 rings (SSSR count). The van der Waals surface area contributed by atoms with Gasteiger partial charge in [0.2, 0.25) is 0 Å². The van der Waals surface area contributed by atoms with Gasteiger partial charge in [-0.3, -0.25) is 0 Å². The van der Waals surface area contributed by atoms with E-state index < -0.39 is 0 Å². The number of nitrogens with zero attached hydrogens (tertiary/aromatic N) is 1. The molecule has 0 unspecified atom stereocenters. The molecule has 1 aromatic heterocycles. The number of aromatic nitrogens is 1. The van der Waals surface area contributed by atoms with Gasteiger partial charge in [-0.2, -0.15) is 0 Å². The van der Waals surface area contributed by atoms with Crippen LogP contribution in [-0.4, -0.2) is 5.33 Å². The van der Waals surface area contributed by atoms with Gasteiger partial charge in [-0.1, -0.05) is 138 Å². The van der Waals surface area contributed by atoms with Crippen LogP contribution in [0.4, 0.5) is 0 Å². The Balaban J connectivity index is 0.000000232. The molecule has 0 saturated heterocycles. The SMILES string of the molecule is BrCCCCCc1ccc(-c2ccccc2)cc1.[Br-].c1ccc(-c2ccc(CCCCC[n+]3ccccc3)cc2)cc1. The van der Waals surface area contributed by atoms with E-state index in [2.05, 4.69) is 160 Å². The zero-order valence-corrected chi connectivity index (χ0v) is 27.7. The van der Waals surface area contributed by atoms with Gasteiger partial charge in [-0.15, -0.1) is 0 Å².